The van der Waals surface area contributed by atoms with Gasteiger partial charge in [0.15, 0.2) is 0 Å². The molecule has 0 heterocycles. The Morgan fingerprint density at radius 1 is 1.09 bits per heavy atom. The molecule has 0 aromatic carbocycles. The van der Waals surface area contributed by atoms with Crippen molar-refractivity contribution in [2.24, 2.45) is 5.92 Å². The first kappa shape index (κ1) is 10.9. The molecule has 0 bridgehead atoms. The Balaban J connectivity index is 3.24. The first-order chi connectivity index (χ1) is 5.04. The van der Waals surface area contributed by atoms with Gasteiger partial charge in [-0.15, -0.1) is 0 Å². The van der Waals surface area contributed by atoms with Crippen LogP contribution in [0.15, 0.2) is 0 Å². The van der Waals surface area contributed by atoms with E-state index in [1.54, 1.807) is 6.92 Å². The van der Waals surface area contributed by atoms with E-state index >= 15 is 0 Å². The van der Waals surface area contributed by atoms with Crippen molar-refractivity contribution in [1.82, 2.24) is 5.32 Å². The second kappa shape index (κ2) is 5.52. The minimum atomic E-state index is -0.339. The molecule has 3 N–H and O–H groups in total. The summed E-state index contributed by atoms with van der Waals surface area (Å²) in [7, 11) is 0. The van der Waals surface area contributed by atoms with E-state index in [0.717, 1.165) is 0 Å². The molecular weight excluding hydrogens is 142 g/mol. The van der Waals surface area contributed by atoms with Crippen molar-refractivity contribution in [3.05, 3.63) is 0 Å². The van der Waals surface area contributed by atoms with E-state index in [-0.39, 0.29) is 18.1 Å². The third-order valence-corrected chi connectivity index (χ3v) is 1.56. The lowest BCUT2D eigenvalue weighted by atomic mass is 10.1. The second-order valence-corrected chi connectivity index (χ2v) is 3.32. The summed E-state index contributed by atoms with van der Waals surface area (Å²) < 4.78 is 0. The van der Waals surface area contributed by atoms with Crippen LogP contribution in [-0.2, 0) is 0 Å². The van der Waals surface area contributed by atoms with Gasteiger partial charge in [-0.2, -0.15) is 0 Å². The van der Waals surface area contributed by atoms with Crippen LogP contribution in [0.5, 0.6) is 0 Å². The van der Waals surface area contributed by atoms with Gasteiger partial charge in [-0.25, -0.2) is 0 Å². The van der Waals surface area contributed by atoms with Crippen LogP contribution in [0.25, 0.3) is 0 Å². The molecule has 0 saturated carbocycles. The molecule has 0 aromatic rings. The lowest BCUT2D eigenvalue weighted by Gasteiger charge is -2.15. The lowest BCUT2D eigenvalue weighted by molar-refractivity contribution is 0.116. The number of nitrogens with one attached hydrogen (secondary N) is 1. The van der Waals surface area contributed by atoms with Crippen LogP contribution >= 0.6 is 0 Å². The Labute approximate surface area is 68.4 Å². The summed E-state index contributed by atoms with van der Waals surface area (Å²) in [5.74, 6) is 0.275. The highest BCUT2D eigenvalue weighted by molar-refractivity contribution is 4.63. The Hall–Kier alpha value is -0.120. The number of hydrogen-bond acceptors (Lipinski definition) is 3. The normalized spacial score (nSPS) is 16.9. The van der Waals surface area contributed by atoms with Gasteiger partial charge in [0.05, 0.1) is 12.2 Å². The summed E-state index contributed by atoms with van der Waals surface area (Å²) in [5, 5.41) is 21.1. The van der Waals surface area contributed by atoms with E-state index in [1.165, 1.54) is 0 Å². The van der Waals surface area contributed by atoms with E-state index in [4.69, 9.17) is 5.11 Å². The van der Waals surface area contributed by atoms with Crippen LogP contribution < -0.4 is 5.32 Å². The predicted octanol–water partition coefficient (Wildman–Crippen LogP) is -0.0263. The number of hydrogen-bond donors (Lipinski definition) is 3. The Kier molecular flexibility index (Phi) is 5.46. The third-order valence-electron chi connectivity index (χ3n) is 1.56. The summed E-state index contributed by atoms with van der Waals surface area (Å²) in [6.07, 6.45) is -0.650. The molecule has 0 aliphatic rings. The van der Waals surface area contributed by atoms with E-state index in [9.17, 15) is 5.11 Å². The zero-order chi connectivity index (χ0) is 8.85. The smallest absolute Gasteiger partial charge is 0.0687 e. The summed E-state index contributed by atoms with van der Waals surface area (Å²) in [6, 6.07) is 0. The molecule has 0 amide bonds. The molecule has 0 aliphatic carbocycles. The summed E-state index contributed by atoms with van der Waals surface area (Å²) in [6.45, 7) is 6.75. The Bertz CT molecular complexity index is 94.1. The molecule has 2 atom stereocenters. The highest BCUT2D eigenvalue weighted by atomic mass is 16.3. The largest absolute Gasteiger partial charge is 0.392 e. The molecule has 0 aromatic heterocycles. The van der Waals surface area contributed by atoms with Gasteiger partial charge < -0.3 is 15.5 Å². The molecule has 11 heavy (non-hydrogen) atoms. The van der Waals surface area contributed by atoms with Gasteiger partial charge in [-0.3, -0.25) is 0 Å². The maximum absolute atomic E-state index is 9.30. The van der Waals surface area contributed by atoms with Crippen LogP contribution in [0.2, 0.25) is 0 Å². The molecular formula is C8H19NO2. The van der Waals surface area contributed by atoms with Crippen molar-refractivity contribution in [2.45, 2.75) is 33.0 Å². The van der Waals surface area contributed by atoms with E-state index < -0.39 is 0 Å². The molecule has 0 aliphatic heterocycles. The van der Waals surface area contributed by atoms with Crippen molar-refractivity contribution in [1.29, 1.82) is 0 Å². The van der Waals surface area contributed by atoms with Gasteiger partial charge in [0.25, 0.3) is 0 Å². The monoisotopic (exact) mass is 161 g/mol. The number of rotatable bonds is 5. The average molecular weight is 161 g/mol. The molecule has 0 fully saturated rings. The van der Waals surface area contributed by atoms with E-state index in [2.05, 4.69) is 5.32 Å². The van der Waals surface area contributed by atoms with Crippen LogP contribution in [0, 0.1) is 5.92 Å². The van der Waals surface area contributed by atoms with Crippen LogP contribution in [0.4, 0.5) is 0 Å². The van der Waals surface area contributed by atoms with Crippen LogP contribution in [-0.4, -0.2) is 35.5 Å². The minimum absolute atomic E-state index is 0.275. The maximum atomic E-state index is 9.30. The molecule has 2 unspecified atom stereocenters. The van der Waals surface area contributed by atoms with Crippen LogP contribution in [0.3, 0.4) is 0 Å². The fourth-order valence-electron chi connectivity index (χ4n) is 0.676. The van der Waals surface area contributed by atoms with Gasteiger partial charge >= 0.3 is 0 Å². The Morgan fingerprint density at radius 3 is 2.00 bits per heavy atom. The maximum Gasteiger partial charge on any atom is 0.0687 e. The van der Waals surface area contributed by atoms with E-state index in [1.807, 2.05) is 13.8 Å². The van der Waals surface area contributed by atoms with Crippen molar-refractivity contribution in [3.63, 3.8) is 0 Å². The zero-order valence-electron chi connectivity index (χ0n) is 7.54. The lowest BCUT2D eigenvalue weighted by Crippen LogP contribution is -2.34. The predicted molar refractivity (Wildman–Crippen MR) is 45.4 cm³/mol. The quantitative estimate of drug-likeness (QED) is 0.531. The van der Waals surface area contributed by atoms with Gasteiger partial charge in [-0.05, 0) is 12.8 Å². The zero-order valence-corrected chi connectivity index (χ0v) is 7.54. The number of aliphatic hydroxyl groups is 2. The van der Waals surface area contributed by atoms with Gasteiger partial charge in [0.1, 0.15) is 0 Å². The van der Waals surface area contributed by atoms with Crippen LogP contribution in [0.1, 0.15) is 20.8 Å². The van der Waals surface area contributed by atoms with Crippen molar-refractivity contribution in [3.8, 4) is 0 Å². The molecule has 0 spiro atoms. The van der Waals surface area contributed by atoms with Gasteiger partial charge in [-0.1, -0.05) is 13.8 Å². The van der Waals surface area contributed by atoms with Crippen molar-refractivity contribution >= 4 is 0 Å². The third kappa shape index (κ3) is 6.28. The Morgan fingerprint density at radius 2 is 1.64 bits per heavy atom. The van der Waals surface area contributed by atoms with E-state index in [0.29, 0.717) is 13.1 Å². The topological polar surface area (TPSA) is 52.5 Å². The fraction of sp³-hybridized carbons (Fsp3) is 1.00. The molecule has 0 radical (unpaired) electrons. The van der Waals surface area contributed by atoms with Gasteiger partial charge in [0, 0.05) is 13.1 Å². The second-order valence-electron chi connectivity index (χ2n) is 3.32. The summed E-state index contributed by atoms with van der Waals surface area (Å²) in [4.78, 5) is 0. The summed E-state index contributed by atoms with van der Waals surface area (Å²) in [5.41, 5.74) is 0. The first-order valence-electron chi connectivity index (χ1n) is 4.11. The number of aliphatic hydroxyl groups excluding tert-OH is 2. The summed E-state index contributed by atoms with van der Waals surface area (Å²) >= 11 is 0. The molecule has 0 saturated heterocycles. The molecule has 0 rings (SSSR count). The fourth-order valence-corrected chi connectivity index (χ4v) is 0.676. The standard InChI is InChI=1S/C8H19NO2/c1-6(2)8(11)5-9-4-7(3)10/h6-11H,4-5H2,1-3H3. The SMILES string of the molecule is CC(O)CNCC(O)C(C)C. The van der Waals surface area contributed by atoms with Gasteiger partial charge in [0.2, 0.25) is 0 Å². The first-order valence-corrected chi connectivity index (χ1v) is 4.11. The average Bonchev–Trinajstić information content (AvgIpc) is 1.86. The minimum Gasteiger partial charge on any atom is -0.392 e. The van der Waals surface area contributed by atoms with Crippen molar-refractivity contribution < 1.29 is 10.2 Å². The molecule has 68 valence electrons. The molecule has 3 heteroatoms. The van der Waals surface area contributed by atoms with Crippen molar-refractivity contribution in [2.75, 3.05) is 13.1 Å². The highest BCUT2D eigenvalue weighted by Gasteiger charge is 2.07. The molecule has 3 nitrogen and oxygen atoms in total. The highest BCUT2D eigenvalue weighted by Crippen LogP contribution is 1.98.